The molecule has 1 aliphatic heterocycles. The fourth-order valence-electron chi connectivity index (χ4n) is 2.51. The molecular weight excluding hydrogens is 258 g/mol. The molecule has 0 bridgehead atoms. The van der Waals surface area contributed by atoms with Crippen LogP contribution in [0.1, 0.15) is 24.9 Å². The molecule has 0 aliphatic carbocycles. The maximum absolute atomic E-state index is 13.9. The number of nitrogens with one attached hydrogen (secondary N) is 1. The van der Waals surface area contributed by atoms with E-state index in [2.05, 4.69) is 10.2 Å². The lowest BCUT2D eigenvalue weighted by atomic mass is 10.0. The molecule has 1 atom stereocenters. The van der Waals surface area contributed by atoms with Gasteiger partial charge in [-0.2, -0.15) is 0 Å². The third-order valence-corrected chi connectivity index (χ3v) is 3.57. The van der Waals surface area contributed by atoms with E-state index in [1.54, 1.807) is 0 Å². The topological polar surface area (TPSA) is 15.3 Å². The summed E-state index contributed by atoms with van der Waals surface area (Å²) in [4.78, 5) is 2.12. The van der Waals surface area contributed by atoms with E-state index in [9.17, 15) is 8.78 Å². The van der Waals surface area contributed by atoms with Crippen LogP contribution in [0.15, 0.2) is 12.1 Å². The van der Waals surface area contributed by atoms with Gasteiger partial charge < -0.3 is 5.32 Å². The van der Waals surface area contributed by atoms with Crippen LogP contribution in [0.25, 0.3) is 0 Å². The molecule has 1 N–H and O–H groups in total. The van der Waals surface area contributed by atoms with Crippen LogP contribution in [0.2, 0.25) is 5.02 Å². The van der Waals surface area contributed by atoms with E-state index in [4.69, 9.17) is 11.6 Å². The Kier molecular flexibility index (Phi) is 4.54. The van der Waals surface area contributed by atoms with E-state index < -0.39 is 11.6 Å². The quantitative estimate of drug-likeness (QED) is 0.912. The van der Waals surface area contributed by atoms with Crippen LogP contribution in [0.5, 0.6) is 0 Å². The Labute approximate surface area is 111 Å². The minimum atomic E-state index is -0.551. The predicted octanol–water partition coefficient (Wildman–Crippen LogP) is 2.97. The number of hydrogen-bond acceptors (Lipinski definition) is 2. The third kappa shape index (κ3) is 2.82. The molecule has 0 radical (unpaired) electrons. The minimum absolute atomic E-state index is 0.101. The van der Waals surface area contributed by atoms with Gasteiger partial charge in [-0.15, -0.1) is 0 Å². The SMILES string of the molecule is CC[C@H](c1c(F)cc(Cl)cc1F)N1CCNCC1. The zero-order valence-corrected chi connectivity index (χ0v) is 11.1. The molecular formula is C13H17ClF2N2. The number of hydrogen-bond donors (Lipinski definition) is 1. The summed E-state index contributed by atoms with van der Waals surface area (Å²) < 4.78 is 27.9. The van der Waals surface area contributed by atoms with Gasteiger partial charge in [0, 0.05) is 42.8 Å². The Balaban J connectivity index is 2.32. The number of rotatable bonds is 3. The number of nitrogens with zero attached hydrogens (tertiary/aromatic N) is 1. The highest BCUT2D eigenvalue weighted by molar-refractivity contribution is 6.30. The maximum Gasteiger partial charge on any atom is 0.132 e. The van der Waals surface area contributed by atoms with Crippen molar-refractivity contribution >= 4 is 11.6 Å². The molecule has 0 unspecified atom stereocenters. The normalized spacial score (nSPS) is 18.9. The van der Waals surface area contributed by atoms with Crippen molar-refractivity contribution in [1.29, 1.82) is 0 Å². The highest BCUT2D eigenvalue weighted by atomic mass is 35.5. The van der Waals surface area contributed by atoms with Crippen LogP contribution >= 0.6 is 11.6 Å². The molecule has 18 heavy (non-hydrogen) atoms. The molecule has 1 heterocycles. The summed E-state index contributed by atoms with van der Waals surface area (Å²) in [6.07, 6.45) is 0.676. The Bertz CT molecular complexity index is 396. The van der Waals surface area contributed by atoms with Crippen LogP contribution in [-0.4, -0.2) is 31.1 Å². The Morgan fingerprint density at radius 2 is 1.83 bits per heavy atom. The Hall–Kier alpha value is -0.710. The zero-order chi connectivity index (χ0) is 13.1. The van der Waals surface area contributed by atoms with Crippen molar-refractivity contribution in [2.75, 3.05) is 26.2 Å². The molecule has 0 spiro atoms. The molecule has 2 nitrogen and oxygen atoms in total. The summed E-state index contributed by atoms with van der Waals surface area (Å²) in [6, 6.07) is 2.15. The zero-order valence-electron chi connectivity index (χ0n) is 10.3. The average molecular weight is 275 g/mol. The number of benzene rings is 1. The molecule has 1 aromatic rings. The van der Waals surface area contributed by atoms with Crippen molar-refractivity contribution in [2.24, 2.45) is 0 Å². The van der Waals surface area contributed by atoms with Crippen LogP contribution in [0.4, 0.5) is 8.78 Å². The lowest BCUT2D eigenvalue weighted by Gasteiger charge is -2.35. The van der Waals surface area contributed by atoms with Gasteiger partial charge >= 0.3 is 0 Å². The highest BCUT2D eigenvalue weighted by Gasteiger charge is 2.26. The first-order valence-electron chi connectivity index (χ1n) is 6.22. The fraction of sp³-hybridized carbons (Fsp3) is 0.538. The maximum atomic E-state index is 13.9. The summed E-state index contributed by atoms with van der Waals surface area (Å²) >= 11 is 5.65. The molecule has 100 valence electrons. The average Bonchev–Trinajstić information content (AvgIpc) is 2.34. The van der Waals surface area contributed by atoms with Gasteiger partial charge in [0.25, 0.3) is 0 Å². The van der Waals surface area contributed by atoms with E-state index in [-0.39, 0.29) is 16.6 Å². The Morgan fingerprint density at radius 3 is 2.33 bits per heavy atom. The first-order valence-corrected chi connectivity index (χ1v) is 6.60. The van der Waals surface area contributed by atoms with Crippen LogP contribution in [0, 0.1) is 11.6 Å². The second-order valence-corrected chi connectivity index (χ2v) is 4.93. The standard InChI is InChI=1S/C13H17ClF2N2/c1-2-12(18-5-3-17-4-6-18)13-10(15)7-9(14)8-11(13)16/h7-8,12,17H,2-6H2,1H3/t12-/m1/s1. The highest BCUT2D eigenvalue weighted by Crippen LogP contribution is 2.30. The third-order valence-electron chi connectivity index (χ3n) is 3.36. The second kappa shape index (κ2) is 5.95. The van der Waals surface area contributed by atoms with Crippen molar-refractivity contribution in [1.82, 2.24) is 10.2 Å². The van der Waals surface area contributed by atoms with Gasteiger partial charge in [0.2, 0.25) is 0 Å². The van der Waals surface area contributed by atoms with Gasteiger partial charge in [-0.25, -0.2) is 8.78 Å². The Morgan fingerprint density at radius 1 is 1.28 bits per heavy atom. The predicted molar refractivity (Wildman–Crippen MR) is 68.8 cm³/mol. The van der Waals surface area contributed by atoms with Gasteiger partial charge in [0.05, 0.1) is 0 Å². The molecule has 1 saturated heterocycles. The molecule has 2 rings (SSSR count). The van der Waals surface area contributed by atoms with Crippen molar-refractivity contribution in [3.8, 4) is 0 Å². The van der Waals surface area contributed by atoms with Crippen molar-refractivity contribution < 1.29 is 8.78 Å². The van der Waals surface area contributed by atoms with Gasteiger partial charge in [0.1, 0.15) is 11.6 Å². The van der Waals surface area contributed by atoms with Gasteiger partial charge in [-0.1, -0.05) is 18.5 Å². The number of piperazine rings is 1. The summed E-state index contributed by atoms with van der Waals surface area (Å²) in [5.41, 5.74) is 0.142. The molecule has 1 aliphatic rings. The molecule has 1 aromatic carbocycles. The van der Waals surface area contributed by atoms with E-state index in [1.165, 1.54) is 12.1 Å². The minimum Gasteiger partial charge on any atom is -0.314 e. The molecule has 5 heteroatoms. The van der Waals surface area contributed by atoms with Crippen LogP contribution in [-0.2, 0) is 0 Å². The monoisotopic (exact) mass is 274 g/mol. The first-order chi connectivity index (χ1) is 8.63. The molecule has 1 fully saturated rings. The van der Waals surface area contributed by atoms with Crippen LogP contribution in [0.3, 0.4) is 0 Å². The molecule has 0 aromatic heterocycles. The van der Waals surface area contributed by atoms with E-state index >= 15 is 0 Å². The number of halogens is 3. The summed E-state index contributed by atoms with van der Waals surface area (Å²) in [5, 5.41) is 3.33. The largest absolute Gasteiger partial charge is 0.314 e. The van der Waals surface area contributed by atoms with Crippen molar-refractivity contribution in [3.63, 3.8) is 0 Å². The molecule has 0 saturated carbocycles. The van der Waals surface area contributed by atoms with E-state index in [0.717, 1.165) is 26.2 Å². The summed E-state index contributed by atoms with van der Waals surface area (Å²) in [5.74, 6) is -1.10. The summed E-state index contributed by atoms with van der Waals surface area (Å²) in [7, 11) is 0. The lowest BCUT2D eigenvalue weighted by molar-refractivity contribution is 0.163. The lowest BCUT2D eigenvalue weighted by Crippen LogP contribution is -2.45. The van der Waals surface area contributed by atoms with E-state index in [1.807, 2.05) is 6.92 Å². The fourth-order valence-corrected chi connectivity index (χ4v) is 2.70. The van der Waals surface area contributed by atoms with Crippen molar-refractivity contribution in [2.45, 2.75) is 19.4 Å². The van der Waals surface area contributed by atoms with Crippen LogP contribution < -0.4 is 5.32 Å². The second-order valence-electron chi connectivity index (χ2n) is 4.49. The van der Waals surface area contributed by atoms with Gasteiger partial charge in [0.15, 0.2) is 0 Å². The van der Waals surface area contributed by atoms with Gasteiger partial charge in [-0.05, 0) is 18.6 Å². The van der Waals surface area contributed by atoms with Gasteiger partial charge in [-0.3, -0.25) is 4.90 Å². The first kappa shape index (κ1) is 13.7. The summed E-state index contributed by atoms with van der Waals surface area (Å²) in [6.45, 7) is 5.26. The molecule has 0 amide bonds. The smallest absolute Gasteiger partial charge is 0.132 e. The van der Waals surface area contributed by atoms with E-state index in [0.29, 0.717) is 6.42 Å². The van der Waals surface area contributed by atoms with Crippen molar-refractivity contribution in [3.05, 3.63) is 34.4 Å².